The van der Waals surface area contributed by atoms with Crippen LogP contribution in [-0.4, -0.2) is 48.6 Å². The molecule has 0 aromatic carbocycles. The summed E-state index contributed by atoms with van der Waals surface area (Å²) in [5, 5.41) is 7.22. The second-order valence-electron chi connectivity index (χ2n) is 6.00. The lowest BCUT2D eigenvalue weighted by atomic mass is 9.84. The lowest BCUT2D eigenvalue weighted by Gasteiger charge is -2.46. The van der Waals surface area contributed by atoms with Crippen LogP contribution in [0.2, 0.25) is 0 Å². The van der Waals surface area contributed by atoms with Crippen LogP contribution in [0.3, 0.4) is 0 Å². The Labute approximate surface area is 124 Å². The predicted octanol–water partition coefficient (Wildman–Crippen LogP) is 2.37. The summed E-state index contributed by atoms with van der Waals surface area (Å²) in [6.07, 6.45) is 3.53. The summed E-state index contributed by atoms with van der Waals surface area (Å²) in [5.74, 6) is 0.661. The Morgan fingerprint density at radius 2 is 2.35 bits per heavy atom. The first-order valence-corrected chi connectivity index (χ1v) is 8.42. The first-order chi connectivity index (χ1) is 9.74. The number of rotatable bonds is 2. The number of carbonyl (C=O) groups excluding carboxylic acids is 1. The Bertz CT molecular complexity index is 448. The molecule has 110 valence electrons. The fraction of sp³-hybridized carbons (Fsp3) is 0.667. The van der Waals surface area contributed by atoms with Crippen molar-refractivity contribution in [2.45, 2.75) is 31.8 Å². The number of hydrogen-bond acceptors (Lipinski definition) is 3. The maximum Gasteiger partial charge on any atom is 0.317 e. The smallest absolute Gasteiger partial charge is 0.317 e. The quantitative estimate of drug-likeness (QED) is 0.908. The molecular formula is C15H23N3OS. The van der Waals surface area contributed by atoms with Crippen LogP contribution in [0.5, 0.6) is 0 Å². The highest BCUT2D eigenvalue weighted by Gasteiger charge is 2.37. The van der Waals surface area contributed by atoms with Crippen molar-refractivity contribution in [3.05, 3.63) is 22.4 Å². The number of amides is 2. The molecular weight excluding hydrogens is 270 g/mol. The molecule has 2 amide bonds. The lowest BCUT2D eigenvalue weighted by molar-refractivity contribution is 0.0532. The Morgan fingerprint density at radius 3 is 3.15 bits per heavy atom. The van der Waals surface area contributed by atoms with Crippen LogP contribution in [0, 0.1) is 5.92 Å². The van der Waals surface area contributed by atoms with Gasteiger partial charge in [0.15, 0.2) is 0 Å². The summed E-state index contributed by atoms with van der Waals surface area (Å²) in [6, 6.07) is 2.64. The molecule has 3 heterocycles. The molecule has 0 unspecified atom stereocenters. The third-order valence-corrected chi connectivity index (χ3v) is 5.29. The van der Waals surface area contributed by atoms with Gasteiger partial charge >= 0.3 is 6.03 Å². The van der Waals surface area contributed by atoms with Crippen LogP contribution >= 0.6 is 11.3 Å². The van der Waals surface area contributed by atoms with Crippen LogP contribution in [-0.2, 0) is 6.54 Å². The van der Waals surface area contributed by atoms with Gasteiger partial charge in [0.1, 0.15) is 0 Å². The van der Waals surface area contributed by atoms with Crippen LogP contribution < -0.4 is 5.32 Å². The number of thiophene rings is 1. The molecule has 20 heavy (non-hydrogen) atoms. The highest BCUT2D eigenvalue weighted by atomic mass is 32.1. The van der Waals surface area contributed by atoms with E-state index in [2.05, 4.69) is 39.0 Å². The van der Waals surface area contributed by atoms with E-state index in [1.54, 1.807) is 11.3 Å². The number of likely N-dealkylation sites (tertiary alicyclic amines) is 2. The summed E-state index contributed by atoms with van der Waals surface area (Å²) in [5.41, 5.74) is 1.19. The van der Waals surface area contributed by atoms with Gasteiger partial charge in [-0.25, -0.2) is 4.79 Å². The topological polar surface area (TPSA) is 35.6 Å². The van der Waals surface area contributed by atoms with Gasteiger partial charge in [0.2, 0.25) is 0 Å². The zero-order chi connectivity index (χ0) is 13.9. The van der Waals surface area contributed by atoms with Crippen molar-refractivity contribution < 1.29 is 4.79 Å². The number of urea groups is 1. The fourth-order valence-corrected chi connectivity index (χ4v) is 4.18. The van der Waals surface area contributed by atoms with E-state index >= 15 is 0 Å². The minimum Gasteiger partial charge on any atom is -0.334 e. The van der Waals surface area contributed by atoms with Crippen molar-refractivity contribution in [3.63, 3.8) is 0 Å². The van der Waals surface area contributed by atoms with E-state index in [1.165, 1.54) is 12.0 Å². The summed E-state index contributed by atoms with van der Waals surface area (Å²) in [4.78, 5) is 16.9. The van der Waals surface area contributed by atoms with E-state index in [0.717, 1.165) is 32.5 Å². The minimum atomic E-state index is 0.121. The molecule has 0 aliphatic carbocycles. The molecule has 2 atom stereocenters. The number of nitrogens with zero attached hydrogens (tertiary/aromatic N) is 2. The second-order valence-corrected chi connectivity index (χ2v) is 6.78. The number of nitrogens with one attached hydrogen (secondary N) is 1. The standard InChI is InChI=1S/C15H23N3OS/c1-17-7-4-14-13(10-17)3-2-6-18(14)15(19)16-9-12-5-8-20-11-12/h5,8,11,13-14H,2-4,6-7,9-10H2,1H3,(H,16,19)/t13-,14+/m0/s1. The van der Waals surface area contributed by atoms with Gasteiger partial charge < -0.3 is 15.1 Å². The van der Waals surface area contributed by atoms with E-state index in [1.807, 2.05) is 0 Å². The molecule has 0 bridgehead atoms. The summed E-state index contributed by atoms with van der Waals surface area (Å²) in [7, 11) is 2.19. The van der Waals surface area contributed by atoms with Crippen LogP contribution in [0.15, 0.2) is 16.8 Å². The predicted molar refractivity (Wildman–Crippen MR) is 81.9 cm³/mol. The number of fused-ring (bicyclic) bond motifs is 1. The third kappa shape index (κ3) is 2.99. The highest BCUT2D eigenvalue weighted by Crippen LogP contribution is 2.30. The normalized spacial score (nSPS) is 27.1. The Balaban J connectivity index is 1.58. The fourth-order valence-electron chi connectivity index (χ4n) is 3.51. The summed E-state index contributed by atoms with van der Waals surface area (Å²) in [6.45, 7) is 3.81. The molecule has 0 radical (unpaired) electrons. The van der Waals surface area contributed by atoms with Gasteiger partial charge in [0.05, 0.1) is 0 Å². The van der Waals surface area contributed by atoms with Gasteiger partial charge in [-0.05, 0) is 61.2 Å². The average molecular weight is 293 g/mol. The maximum atomic E-state index is 12.4. The maximum absolute atomic E-state index is 12.4. The molecule has 2 aliphatic rings. The lowest BCUT2D eigenvalue weighted by Crippen LogP contribution is -2.57. The number of carbonyl (C=O) groups is 1. The Kier molecular flexibility index (Phi) is 4.27. The van der Waals surface area contributed by atoms with Crippen molar-refractivity contribution >= 4 is 17.4 Å². The van der Waals surface area contributed by atoms with Gasteiger partial charge in [0.25, 0.3) is 0 Å². The van der Waals surface area contributed by atoms with Crippen molar-refractivity contribution in [2.75, 3.05) is 26.7 Å². The van der Waals surface area contributed by atoms with Crippen molar-refractivity contribution in [1.29, 1.82) is 0 Å². The van der Waals surface area contributed by atoms with E-state index in [4.69, 9.17) is 0 Å². The van der Waals surface area contributed by atoms with Gasteiger partial charge in [-0.1, -0.05) is 0 Å². The molecule has 2 fully saturated rings. The Hall–Kier alpha value is -1.07. The molecule has 5 heteroatoms. The Morgan fingerprint density at radius 1 is 1.45 bits per heavy atom. The number of hydrogen-bond donors (Lipinski definition) is 1. The van der Waals surface area contributed by atoms with E-state index in [0.29, 0.717) is 18.5 Å². The SMILES string of the molecule is CN1CC[C@@H]2[C@@H](CCCN2C(=O)NCc2ccsc2)C1. The first-order valence-electron chi connectivity index (χ1n) is 7.48. The van der Waals surface area contributed by atoms with Gasteiger partial charge in [-0.15, -0.1) is 0 Å². The molecule has 2 aliphatic heterocycles. The monoisotopic (exact) mass is 293 g/mol. The molecule has 1 aromatic heterocycles. The second kappa shape index (κ2) is 6.14. The zero-order valence-electron chi connectivity index (χ0n) is 12.0. The van der Waals surface area contributed by atoms with Gasteiger partial charge in [-0.2, -0.15) is 11.3 Å². The summed E-state index contributed by atoms with van der Waals surface area (Å²) >= 11 is 1.67. The van der Waals surface area contributed by atoms with Crippen LogP contribution in [0.25, 0.3) is 0 Å². The largest absolute Gasteiger partial charge is 0.334 e. The highest BCUT2D eigenvalue weighted by molar-refractivity contribution is 7.07. The van der Waals surface area contributed by atoms with Crippen molar-refractivity contribution in [1.82, 2.24) is 15.1 Å². The first kappa shape index (κ1) is 13.9. The molecule has 4 nitrogen and oxygen atoms in total. The van der Waals surface area contributed by atoms with E-state index < -0.39 is 0 Å². The van der Waals surface area contributed by atoms with Gasteiger partial charge in [-0.3, -0.25) is 0 Å². The molecule has 1 N–H and O–H groups in total. The zero-order valence-corrected chi connectivity index (χ0v) is 12.9. The van der Waals surface area contributed by atoms with Crippen LogP contribution in [0.1, 0.15) is 24.8 Å². The average Bonchev–Trinajstić information content (AvgIpc) is 2.97. The molecule has 0 spiro atoms. The van der Waals surface area contributed by atoms with Gasteiger partial charge in [0, 0.05) is 25.7 Å². The van der Waals surface area contributed by atoms with E-state index in [9.17, 15) is 4.79 Å². The third-order valence-electron chi connectivity index (χ3n) is 4.56. The molecule has 3 rings (SSSR count). The number of piperidine rings is 2. The van der Waals surface area contributed by atoms with E-state index in [-0.39, 0.29) is 6.03 Å². The van der Waals surface area contributed by atoms with Crippen molar-refractivity contribution in [3.8, 4) is 0 Å². The molecule has 1 aromatic rings. The molecule has 0 saturated carbocycles. The molecule has 2 saturated heterocycles. The summed E-state index contributed by atoms with van der Waals surface area (Å²) < 4.78 is 0. The van der Waals surface area contributed by atoms with Crippen molar-refractivity contribution in [2.24, 2.45) is 5.92 Å². The minimum absolute atomic E-state index is 0.121. The van der Waals surface area contributed by atoms with Crippen LogP contribution in [0.4, 0.5) is 4.79 Å².